The van der Waals surface area contributed by atoms with Gasteiger partial charge >= 0.3 is 0 Å². The fourth-order valence-corrected chi connectivity index (χ4v) is 1.88. The van der Waals surface area contributed by atoms with Crippen LogP contribution in [0.1, 0.15) is 23.7 Å². The van der Waals surface area contributed by atoms with Crippen molar-refractivity contribution in [2.75, 3.05) is 5.32 Å². The van der Waals surface area contributed by atoms with E-state index < -0.39 is 0 Å². The number of para-hydroxylation sites is 1. The van der Waals surface area contributed by atoms with Crippen LogP contribution in [0.15, 0.2) is 36.8 Å². The number of benzene rings is 1. The molecule has 0 unspecified atom stereocenters. The molecule has 1 aromatic heterocycles. The third-order valence-electron chi connectivity index (χ3n) is 2.80. The fraction of sp³-hybridized carbons (Fsp3) is 0.286. The normalized spacial score (nSPS) is 10.2. The van der Waals surface area contributed by atoms with Crippen LogP contribution >= 0.6 is 0 Å². The Hall–Kier alpha value is -1.90. The molecule has 0 atom stereocenters. The van der Waals surface area contributed by atoms with Gasteiger partial charge in [0, 0.05) is 18.1 Å². The van der Waals surface area contributed by atoms with E-state index in [0.29, 0.717) is 6.54 Å². The maximum atomic E-state index is 4.25. The van der Waals surface area contributed by atoms with Gasteiger partial charge in [-0.15, -0.1) is 0 Å². The first-order valence-corrected chi connectivity index (χ1v) is 5.88. The summed E-state index contributed by atoms with van der Waals surface area (Å²) < 4.78 is 0. The van der Waals surface area contributed by atoms with Gasteiger partial charge < -0.3 is 5.32 Å². The Balaban J connectivity index is 2.14. The zero-order chi connectivity index (χ0) is 12.1. The molecule has 1 aromatic carbocycles. The maximum absolute atomic E-state index is 4.25. The molecule has 2 rings (SSSR count). The van der Waals surface area contributed by atoms with Gasteiger partial charge in [-0.1, -0.05) is 25.1 Å². The SMILES string of the molecule is CCc1cccc(C)c1NCc1cnccn1. The Morgan fingerprint density at radius 2 is 2.12 bits per heavy atom. The van der Waals surface area contributed by atoms with Crippen LogP contribution in [0, 0.1) is 6.92 Å². The molecule has 3 nitrogen and oxygen atoms in total. The van der Waals surface area contributed by atoms with Crippen molar-refractivity contribution in [2.24, 2.45) is 0 Å². The standard InChI is InChI=1S/C14H17N3/c1-3-12-6-4-5-11(2)14(12)17-10-13-9-15-7-8-16-13/h4-9,17H,3,10H2,1-2H3. The van der Waals surface area contributed by atoms with Gasteiger partial charge in [-0.2, -0.15) is 0 Å². The number of hydrogen-bond donors (Lipinski definition) is 1. The number of hydrogen-bond acceptors (Lipinski definition) is 3. The lowest BCUT2D eigenvalue weighted by Gasteiger charge is -2.13. The minimum atomic E-state index is 0.714. The Labute approximate surface area is 102 Å². The predicted molar refractivity (Wildman–Crippen MR) is 69.9 cm³/mol. The summed E-state index contributed by atoms with van der Waals surface area (Å²) in [5.41, 5.74) is 4.79. The molecule has 0 amide bonds. The lowest BCUT2D eigenvalue weighted by Crippen LogP contribution is -2.05. The summed E-state index contributed by atoms with van der Waals surface area (Å²) in [5, 5.41) is 3.45. The highest BCUT2D eigenvalue weighted by Crippen LogP contribution is 2.21. The molecular weight excluding hydrogens is 210 g/mol. The molecule has 0 aliphatic heterocycles. The first kappa shape index (κ1) is 11.6. The molecule has 0 radical (unpaired) electrons. The Bertz CT molecular complexity index is 480. The third kappa shape index (κ3) is 2.81. The average Bonchev–Trinajstić information content (AvgIpc) is 2.38. The fourth-order valence-electron chi connectivity index (χ4n) is 1.88. The first-order valence-electron chi connectivity index (χ1n) is 5.88. The number of nitrogens with one attached hydrogen (secondary N) is 1. The molecular formula is C14H17N3. The second-order valence-electron chi connectivity index (χ2n) is 4.01. The topological polar surface area (TPSA) is 37.8 Å². The number of anilines is 1. The van der Waals surface area contributed by atoms with Gasteiger partial charge in [0.2, 0.25) is 0 Å². The Morgan fingerprint density at radius 1 is 1.24 bits per heavy atom. The van der Waals surface area contributed by atoms with Crippen LogP contribution in [0.5, 0.6) is 0 Å². The van der Waals surface area contributed by atoms with E-state index in [9.17, 15) is 0 Å². The monoisotopic (exact) mass is 227 g/mol. The zero-order valence-corrected chi connectivity index (χ0v) is 10.3. The Kier molecular flexibility index (Phi) is 3.70. The molecule has 1 heterocycles. The molecule has 1 N–H and O–H groups in total. The summed E-state index contributed by atoms with van der Waals surface area (Å²) in [5.74, 6) is 0. The van der Waals surface area contributed by atoms with E-state index >= 15 is 0 Å². The van der Waals surface area contributed by atoms with Crippen molar-refractivity contribution in [3.63, 3.8) is 0 Å². The van der Waals surface area contributed by atoms with Crippen LogP contribution < -0.4 is 5.32 Å². The van der Waals surface area contributed by atoms with Crippen molar-refractivity contribution in [2.45, 2.75) is 26.8 Å². The number of nitrogens with zero attached hydrogens (tertiary/aromatic N) is 2. The molecule has 0 aliphatic carbocycles. The molecule has 2 aromatic rings. The first-order chi connectivity index (χ1) is 8.31. The zero-order valence-electron chi connectivity index (χ0n) is 10.3. The van der Waals surface area contributed by atoms with Crippen LogP contribution in [0.2, 0.25) is 0 Å². The lowest BCUT2D eigenvalue weighted by atomic mass is 10.1. The van der Waals surface area contributed by atoms with Gasteiger partial charge in [0.25, 0.3) is 0 Å². The number of aryl methyl sites for hydroxylation is 2. The largest absolute Gasteiger partial charge is 0.379 e. The van der Waals surface area contributed by atoms with Crippen molar-refractivity contribution in [1.29, 1.82) is 0 Å². The second-order valence-corrected chi connectivity index (χ2v) is 4.01. The highest BCUT2D eigenvalue weighted by molar-refractivity contribution is 5.57. The van der Waals surface area contributed by atoms with Crippen LogP contribution in [-0.4, -0.2) is 9.97 Å². The van der Waals surface area contributed by atoms with E-state index in [2.05, 4.69) is 47.3 Å². The molecule has 0 saturated heterocycles. The Morgan fingerprint density at radius 3 is 2.82 bits per heavy atom. The van der Waals surface area contributed by atoms with E-state index in [1.54, 1.807) is 18.6 Å². The summed E-state index contributed by atoms with van der Waals surface area (Å²) >= 11 is 0. The van der Waals surface area contributed by atoms with Crippen LogP contribution in [0.4, 0.5) is 5.69 Å². The smallest absolute Gasteiger partial charge is 0.0777 e. The van der Waals surface area contributed by atoms with E-state index in [1.807, 2.05) is 0 Å². The molecule has 17 heavy (non-hydrogen) atoms. The molecule has 3 heteroatoms. The maximum Gasteiger partial charge on any atom is 0.0777 e. The molecule has 88 valence electrons. The second kappa shape index (κ2) is 5.43. The van der Waals surface area contributed by atoms with Crippen LogP contribution in [-0.2, 0) is 13.0 Å². The third-order valence-corrected chi connectivity index (χ3v) is 2.80. The van der Waals surface area contributed by atoms with Crippen molar-refractivity contribution < 1.29 is 0 Å². The van der Waals surface area contributed by atoms with Crippen LogP contribution in [0.3, 0.4) is 0 Å². The summed E-state index contributed by atoms with van der Waals surface area (Å²) in [6.07, 6.45) is 6.23. The van der Waals surface area contributed by atoms with Gasteiger partial charge in [0.1, 0.15) is 0 Å². The predicted octanol–water partition coefficient (Wildman–Crippen LogP) is 2.96. The van der Waals surface area contributed by atoms with Crippen molar-refractivity contribution >= 4 is 5.69 Å². The van der Waals surface area contributed by atoms with E-state index in [1.165, 1.54) is 16.8 Å². The number of aromatic nitrogens is 2. The summed E-state index contributed by atoms with van der Waals surface area (Å²) in [6, 6.07) is 6.38. The van der Waals surface area contributed by atoms with E-state index in [4.69, 9.17) is 0 Å². The quantitative estimate of drug-likeness (QED) is 0.872. The van der Waals surface area contributed by atoms with E-state index in [0.717, 1.165) is 12.1 Å². The van der Waals surface area contributed by atoms with Gasteiger partial charge in [0.05, 0.1) is 18.4 Å². The summed E-state index contributed by atoms with van der Waals surface area (Å²) in [6.45, 7) is 5.01. The van der Waals surface area contributed by atoms with Crippen molar-refractivity contribution in [3.8, 4) is 0 Å². The van der Waals surface area contributed by atoms with Crippen molar-refractivity contribution in [3.05, 3.63) is 53.6 Å². The van der Waals surface area contributed by atoms with Gasteiger partial charge in [-0.3, -0.25) is 9.97 Å². The summed E-state index contributed by atoms with van der Waals surface area (Å²) in [7, 11) is 0. The minimum absolute atomic E-state index is 0.714. The molecule has 0 bridgehead atoms. The van der Waals surface area contributed by atoms with Gasteiger partial charge in [-0.05, 0) is 24.5 Å². The van der Waals surface area contributed by atoms with Crippen molar-refractivity contribution in [1.82, 2.24) is 9.97 Å². The van der Waals surface area contributed by atoms with Gasteiger partial charge in [0.15, 0.2) is 0 Å². The average molecular weight is 227 g/mol. The molecule has 0 saturated carbocycles. The summed E-state index contributed by atoms with van der Waals surface area (Å²) in [4.78, 5) is 8.31. The minimum Gasteiger partial charge on any atom is -0.379 e. The van der Waals surface area contributed by atoms with Crippen LogP contribution in [0.25, 0.3) is 0 Å². The lowest BCUT2D eigenvalue weighted by molar-refractivity contribution is 0.996. The molecule has 0 aliphatic rings. The van der Waals surface area contributed by atoms with E-state index in [-0.39, 0.29) is 0 Å². The highest BCUT2D eigenvalue weighted by atomic mass is 14.9. The van der Waals surface area contributed by atoms with Gasteiger partial charge in [-0.25, -0.2) is 0 Å². The molecule has 0 fully saturated rings. The highest BCUT2D eigenvalue weighted by Gasteiger charge is 2.03. The number of rotatable bonds is 4. The molecule has 0 spiro atoms.